The molecule has 0 amide bonds. The van der Waals surface area contributed by atoms with Crippen molar-refractivity contribution in [3.8, 4) is 11.5 Å². The molecular weight excluding hydrogens is 1290 g/mol. The van der Waals surface area contributed by atoms with Crippen LogP contribution in [0.5, 0.6) is 11.5 Å². The third kappa shape index (κ3) is 16.0. The first kappa shape index (κ1) is 66.1. The minimum atomic E-state index is -1.28. The van der Waals surface area contributed by atoms with Crippen LogP contribution in [0.25, 0.3) is 24.3 Å². The predicted octanol–water partition coefficient (Wildman–Crippen LogP) is 7.27. The first-order chi connectivity index (χ1) is 34.7. The molecule has 0 aliphatic rings. The number of carbonyl (C=O) groups is 4. The van der Waals surface area contributed by atoms with Crippen LogP contribution in [0.2, 0.25) is 0 Å². The molecule has 0 heterocycles. The molecule has 0 aliphatic heterocycles. The Morgan fingerprint density at radius 2 is 0.896 bits per heavy atom. The number of nitrogens with zero attached hydrogens (tertiary/aromatic N) is 2. The van der Waals surface area contributed by atoms with E-state index in [9.17, 15) is 39.6 Å². The van der Waals surface area contributed by atoms with Crippen LogP contribution in [0.1, 0.15) is 91.7 Å². The number of ether oxygens (including phenoxy) is 2. The molecule has 15 heteroatoms. The minimum absolute atomic E-state index is 0. The second kappa shape index (κ2) is 28.1. The Morgan fingerprint density at radius 3 is 1.30 bits per heavy atom. The fraction of sp³-hybridized carbons (Fsp3) is 0.290. The molecule has 0 fully saturated rings. The van der Waals surface area contributed by atoms with Crippen molar-refractivity contribution in [2.24, 2.45) is 0 Å². The van der Waals surface area contributed by atoms with Gasteiger partial charge < -0.3 is 39.7 Å². The molecule has 2 unspecified atom stereocenters. The van der Waals surface area contributed by atoms with Crippen molar-refractivity contribution in [3.05, 3.63) is 184 Å². The third-order valence-corrected chi connectivity index (χ3v) is 13.7. The molecule has 4 N–H and O–H groups in total. The van der Waals surface area contributed by atoms with Crippen LogP contribution in [0.4, 0.5) is 11.4 Å². The van der Waals surface area contributed by atoms with E-state index in [4.69, 9.17) is 9.47 Å². The van der Waals surface area contributed by atoms with Gasteiger partial charge in [0.05, 0.1) is 11.4 Å². The van der Waals surface area contributed by atoms with Crippen molar-refractivity contribution in [2.45, 2.75) is 95.3 Å². The Balaban J connectivity index is 0.00000520. The van der Waals surface area contributed by atoms with Crippen LogP contribution >= 0.6 is 0 Å². The maximum atomic E-state index is 12.3. The number of hydrogen-bond acceptors (Lipinski definition) is 8. The van der Waals surface area contributed by atoms with Gasteiger partial charge in [0.1, 0.15) is 44.1 Å². The largest absolute Gasteiger partial charge is 0.504 e. The van der Waals surface area contributed by atoms with Crippen LogP contribution in [0, 0.1) is 99.6 Å². The summed E-state index contributed by atoms with van der Waals surface area (Å²) in [5.74, 6) is -4.83. The summed E-state index contributed by atoms with van der Waals surface area (Å²) in [6.45, 7) is 29.1. The zero-order valence-electron chi connectivity index (χ0n) is 45.8. The molecule has 0 spiro atoms. The molecule has 6 aromatic carbocycles. The van der Waals surface area contributed by atoms with Gasteiger partial charge >= 0.3 is 23.9 Å². The Kier molecular flexibility index (Phi) is 24.1. The van der Waals surface area contributed by atoms with Crippen molar-refractivity contribution in [3.63, 3.8) is 0 Å². The van der Waals surface area contributed by atoms with E-state index in [1.807, 2.05) is 93.5 Å². The maximum Gasteiger partial charge on any atom is 0.323 e. The molecule has 0 aliphatic carbocycles. The number of carboxylic acid groups (broad SMARTS) is 4. The monoisotopic (exact) mass is 1360 g/mol. The summed E-state index contributed by atoms with van der Waals surface area (Å²) < 4.78 is 13.6. The summed E-state index contributed by atoms with van der Waals surface area (Å²) in [7, 11) is 0. The summed E-state index contributed by atoms with van der Waals surface area (Å²) in [5, 5.41) is 43.3. The number of aliphatic carboxylic acids is 4. The summed E-state index contributed by atoms with van der Waals surface area (Å²) in [6.07, 6.45) is -1.79. The summed E-state index contributed by atoms with van der Waals surface area (Å²) in [4.78, 5) is 51.6. The molecule has 0 saturated carbocycles. The fourth-order valence-electron chi connectivity index (χ4n) is 8.83. The number of carboxylic acids is 4. The smallest absolute Gasteiger partial charge is 0.323 e. The topological polar surface area (TPSA) is 174 Å². The summed E-state index contributed by atoms with van der Waals surface area (Å²) in [6, 6.07) is 33.8. The Bertz CT molecular complexity index is 3120. The van der Waals surface area contributed by atoms with Crippen LogP contribution < -0.4 is 40.1 Å². The molecular formula is C62H63N2O10WY2-5. The zero-order valence-corrected chi connectivity index (χ0v) is 54.4. The van der Waals surface area contributed by atoms with Gasteiger partial charge in [-0.2, -0.15) is 0 Å². The van der Waals surface area contributed by atoms with Gasteiger partial charge in [-0.3, -0.25) is 19.2 Å². The first-order valence-electron chi connectivity index (χ1n) is 24.1. The summed E-state index contributed by atoms with van der Waals surface area (Å²) in [5.41, 5.74) is 14.0. The Morgan fingerprint density at radius 1 is 0.506 bits per heavy atom. The standard InChI is InChI=1S/C62H63N2O10.W.2Y/c1-33-19-49(20-34(2)41(33)9)61(50-21-35(3)42(10)36(4)22-50)47-15-17-53(63(29-57(65)66)30-58(67)68)55(27-47)73-45(13)46(14)74-56-28-48(16-18-54(56)64(31-59(69)70)32-60(71)72)62(51-23-37(5)43(11)38(6)24-51)52-25-39(7)44(12)40(8)26-52;;;/h15,17-19,21,23,25,27-28,45-46H,9,11,29-32H2,1-8,10,12-14H3,(H,65,66)(H,67,68)(H,69,70)(H,71,72);;;/q-5;;;/b61-49-,62-51-;;;. The molecule has 0 saturated heterocycles. The van der Waals surface area contributed by atoms with Gasteiger partial charge in [0, 0.05) is 86.5 Å². The first-order valence-corrected chi connectivity index (χ1v) is 24.1. The fourth-order valence-corrected chi connectivity index (χ4v) is 8.83. The number of hydrogen-bond donors (Lipinski definition) is 4. The van der Waals surface area contributed by atoms with Gasteiger partial charge in [-0.05, 0) is 31.7 Å². The van der Waals surface area contributed by atoms with E-state index in [0.717, 1.165) is 88.0 Å². The van der Waals surface area contributed by atoms with Gasteiger partial charge in [0.25, 0.3) is 0 Å². The van der Waals surface area contributed by atoms with E-state index in [-0.39, 0.29) is 109 Å². The number of rotatable bonds is 19. The summed E-state index contributed by atoms with van der Waals surface area (Å²) >= 11 is 0. The van der Waals surface area contributed by atoms with Crippen LogP contribution in [0.3, 0.4) is 0 Å². The number of benzene rings is 6. The van der Waals surface area contributed by atoms with Crippen LogP contribution in [-0.2, 0) is 106 Å². The van der Waals surface area contributed by atoms with Gasteiger partial charge in [-0.25, -0.2) is 0 Å². The van der Waals surface area contributed by atoms with Gasteiger partial charge in [0.15, 0.2) is 0 Å². The molecule has 2 atom stereocenters. The van der Waals surface area contributed by atoms with Crippen LogP contribution in [0.15, 0.2) is 54.6 Å². The molecule has 398 valence electrons. The minimum Gasteiger partial charge on any atom is -0.504 e. The number of aryl methyl sites for hydroxylation is 8. The van der Waals surface area contributed by atoms with Crippen molar-refractivity contribution < 1.29 is 136 Å². The molecule has 77 heavy (non-hydrogen) atoms. The second-order valence-corrected chi connectivity index (χ2v) is 19.1. The molecule has 0 aromatic heterocycles. The van der Waals surface area contributed by atoms with Crippen molar-refractivity contribution in [1.82, 2.24) is 0 Å². The average Bonchev–Trinajstić information content (AvgIpc) is 3.30. The van der Waals surface area contributed by atoms with Crippen molar-refractivity contribution in [2.75, 3.05) is 36.0 Å². The average molecular weight is 1360 g/mol. The zero-order chi connectivity index (χ0) is 54.6. The quantitative estimate of drug-likeness (QED) is 0.0599. The van der Waals surface area contributed by atoms with Gasteiger partial charge in [-0.1, -0.05) is 80.9 Å². The van der Waals surface area contributed by atoms with Gasteiger partial charge in [-0.15, -0.1) is 184 Å². The van der Waals surface area contributed by atoms with E-state index in [2.05, 4.69) is 43.5 Å². The van der Waals surface area contributed by atoms with Crippen molar-refractivity contribution in [1.29, 1.82) is 0 Å². The predicted molar refractivity (Wildman–Crippen MR) is 288 cm³/mol. The van der Waals surface area contributed by atoms with E-state index in [0.29, 0.717) is 21.9 Å². The number of anilines is 2. The normalized spacial score (nSPS) is 12.4. The molecule has 12 nitrogen and oxygen atoms in total. The SMILES string of the molecule is C=c1c(C)[c-]/c(=C(\c2[c-]c(C)c(C)c(C)c2)c2[c-]cc(N(CC(=O)O)CC(=O)O)c(OC(C)C(C)Oc3cc(/C(c4[c-]c(C)c(C)c(C)c4)=c4/[c-]c(C)c(=C)c(C)c4)ccc3N(CC(=O)O)CC(=O)O)c2)cc1C.[W].[Y].[Y]. The van der Waals surface area contributed by atoms with E-state index >= 15 is 0 Å². The molecule has 6 rings (SSSR count). The van der Waals surface area contributed by atoms with Crippen molar-refractivity contribution >= 4 is 59.6 Å². The van der Waals surface area contributed by atoms with Crippen LogP contribution in [-0.4, -0.2) is 82.7 Å². The molecule has 6 aromatic rings. The maximum absolute atomic E-state index is 12.3. The molecule has 2 radical (unpaired) electrons. The van der Waals surface area contributed by atoms with E-state index < -0.39 is 62.3 Å². The Labute approximate surface area is 516 Å². The Hall–Kier alpha value is -5.22. The van der Waals surface area contributed by atoms with E-state index in [1.54, 1.807) is 38.1 Å². The second-order valence-electron chi connectivity index (χ2n) is 19.1. The molecule has 0 bridgehead atoms. The van der Waals surface area contributed by atoms with Gasteiger partial charge in [0.2, 0.25) is 0 Å². The van der Waals surface area contributed by atoms with E-state index in [1.165, 1.54) is 15.9 Å². The third-order valence-electron chi connectivity index (χ3n) is 13.7.